The number of hydrogen-bond donors (Lipinski definition) is 2. The maximum Gasteiger partial charge on any atom is 0.0383 e. The van der Waals surface area contributed by atoms with E-state index in [1.165, 1.54) is 22.3 Å². The number of fused-ring (bicyclic) bond motifs is 1. The predicted molar refractivity (Wildman–Crippen MR) is 88.4 cm³/mol. The van der Waals surface area contributed by atoms with E-state index >= 15 is 0 Å². The highest BCUT2D eigenvalue weighted by Crippen LogP contribution is 2.41. The van der Waals surface area contributed by atoms with Gasteiger partial charge in [-0.15, -0.1) is 0 Å². The van der Waals surface area contributed by atoms with Gasteiger partial charge in [0.15, 0.2) is 0 Å². The zero-order chi connectivity index (χ0) is 14.1. The van der Waals surface area contributed by atoms with Crippen LogP contribution in [0.25, 0.3) is 23.3 Å². The number of aromatic amines is 2. The van der Waals surface area contributed by atoms with E-state index in [4.69, 9.17) is 0 Å². The molecule has 0 spiro atoms. The molecule has 0 saturated carbocycles. The van der Waals surface area contributed by atoms with Gasteiger partial charge in [-0.2, -0.15) is 0 Å². The van der Waals surface area contributed by atoms with Crippen molar-refractivity contribution in [3.63, 3.8) is 0 Å². The summed E-state index contributed by atoms with van der Waals surface area (Å²) < 4.78 is 0. The maximum absolute atomic E-state index is 3.25. The Morgan fingerprint density at radius 3 is 1.62 bits per heavy atom. The van der Waals surface area contributed by atoms with Crippen LogP contribution in [0.5, 0.6) is 0 Å². The van der Waals surface area contributed by atoms with E-state index in [2.05, 4.69) is 58.5 Å². The van der Waals surface area contributed by atoms with Crippen LogP contribution in [0, 0.1) is 0 Å². The monoisotopic (exact) mass is 272 g/mol. The summed E-state index contributed by atoms with van der Waals surface area (Å²) in [5, 5.41) is 0. The molecule has 2 nitrogen and oxygen atoms in total. The van der Waals surface area contributed by atoms with E-state index < -0.39 is 0 Å². The van der Waals surface area contributed by atoms with Gasteiger partial charge < -0.3 is 9.97 Å². The average molecular weight is 272 g/mol. The van der Waals surface area contributed by atoms with Gasteiger partial charge >= 0.3 is 0 Å². The molecular weight excluding hydrogens is 256 g/mol. The summed E-state index contributed by atoms with van der Waals surface area (Å²) in [6.45, 7) is 0. The number of benzene rings is 1. The van der Waals surface area contributed by atoms with E-state index in [1.807, 2.05) is 24.5 Å². The molecule has 0 radical (unpaired) electrons. The Morgan fingerprint density at radius 1 is 0.667 bits per heavy atom. The van der Waals surface area contributed by atoms with Crippen LogP contribution in [0.3, 0.4) is 0 Å². The number of allylic oxidation sites excluding steroid dienone is 2. The normalized spacial score (nSPS) is 17.5. The highest BCUT2D eigenvalue weighted by atomic mass is 14.7. The Morgan fingerprint density at radius 2 is 1.19 bits per heavy atom. The first kappa shape index (κ1) is 12.0. The summed E-state index contributed by atoms with van der Waals surface area (Å²) in [6, 6.07) is 16.9. The van der Waals surface area contributed by atoms with Crippen LogP contribution < -0.4 is 0 Å². The highest BCUT2D eigenvalue weighted by Gasteiger charge is 2.20. The van der Waals surface area contributed by atoms with Crippen LogP contribution in [-0.4, -0.2) is 9.97 Å². The van der Waals surface area contributed by atoms with Gasteiger partial charge in [-0.1, -0.05) is 24.3 Å². The van der Waals surface area contributed by atoms with Crippen LogP contribution in [0.4, 0.5) is 0 Å². The molecule has 3 aromatic rings. The van der Waals surface area contributed by atoms with Crippen LogP contribution in [0.1, 0.15) is 28.9 Å². The van der Waals surface area contributed by atoms with E-state index in [1.54, 1.807) is 0 Å². The molecule has 1 aliphatic carbocycles. The fourth-order valence-electron chi connectivity index (χ4n) is 2.94. The van der Waals surface area contributed by atoms with Crippen molar-refractivity contribution >= 4 is 23.3 Å². The van der Waals surface area contributed by atoms with Crippen molar-refractivity contribution in [1.29, 1.82) is 0 Å². The molecule has 0 fully saturated rings. The molecule has 0 aliphatic heterocycles. The van der Waals surface area contributed by atoms with E-state index in [0.29, 0.717) is 0 Å². The third kappa shape index (κ3) is 2.25. The Labute approximate surface area is 123 Å². The molecule has 2 heterocycles. The van der Waals surface area contributed by atoms with E-state index in [9.17, 15) is 0 Å². The topological polar surface area (TPSA) is 31.6 Å². The lowest BCUT2D eigenvalue weighted by atomic mass is 10.1. The minimum Gasteiger partial charge on any atom is -0.362 e. The summed E-state index contributed by atoms with van der Waals surface area (Å²) in [5.41, 5.74) is 7.72. The lowest BCUT2D eigenvalue weighted by molar-refractivity contribution is 1.37. The van der Waals surface area contributed by atoms with Gasteiger partial charge in [0.05, 0.1) is 0 Å². The quantitative estimate of drug-likeness (QED) is 0.670. The number of nitrogens with one attached hydrogen (secondary N) is 2. The fourth-order valence-corrected chi connectivity index (χ4v) is 2.94. The minimum absolute atomic E-state index is 0.970. The van der Waals surface area contributed by atoms with Crippen LogP contribution >= 0.6 is 0 Å². The second-order valence-corrected chi connectivity index (χ2v) is 5.31. The van der Waals surface area contributed by atoms with Crippen LogP contribution in [0.15, 0.2) is 60.9 Å². The standard InChI is InChI=1S/C19H16N2/c1-2-8-19-15(13-17-6-4-10-21-17)11-14(18(19)7-1)12-16-5-3-9-20-16/h1-10,12-13,20-21H,11H2/b14-12-,15-13+. The van der Waals surface area contributed by atoms with Crippen molar-refractivity contribution in [2.24, 2.45) is 0 Å². The molecule has 2 N–H and O–H groups in total. The fraction of sp³-hybridized carbons (Fsp3) is 0.0526. The molecule has 21 heavy (non-hydrogen) atoms. The second-order valence-electron chi connectivity index (χ2n) is 5.31. The maximum atomic E-state index is 3.25. The number of H-pyrrole nitrogens is 2. The Hall–Kier alpha value is -2.74. The summed E-state index contributed by atoms with van der Waals surface area (Å²) in [6.07, 6.45) is 9.38. The van der Waals surface area contributed by atoms with Crippen molar-refractivity contribution in [2.45, 2.75) is 6.42 Å². The lowest BCUT2D eigenvalue weighted by Gasteiger charge is -1.99. The molecule has 4 rings (SSSR count). The Bertz CT molecular complexity index is 734. The molecule has 2 heteroatoms. The van der Waals surface area contributed by atoms with Crippen molar-refractivity contribution in [3.8, 4) is 0 Å². The minimum atomic E-state index is 0.970. The molecule has 1 aromatic carbocycles. The molecule has 102 valence electrons. The van der Waals surface area contributed by atoms with E-state index in [0.717, 1.165) is 17.8 Å². The summed E-state index contributed by atoms with van der Waals surface area (Å²) >= 11 is 0. The first-order chi connectivity index (χ1) is 10.4. The predicted octanol–water partition coefficient (Wildman–Crippen LogP) is 4.83. The Balaban J connectivity index is 1.80. The van der Waals surface area contributed by atoms with Gasteiger partial charge in [0.1, 0.15) is 0 Å². The largest absolute Gasteiger partial charge is 0.362 e. The summed E-state index contributed by atoms with van der Waals surface area (Å²) in [7, 11) is 0. The van der Waals surface area contributed by atoms with Gasteiger partial charge in [-0.05, 0) is 65.1 Å². The van der Waals surface area contributed by atoms with Crippen molar-refractivity contribution < 1.29 is 0 Å². The zero-order valence-corrected chi connectivity index (χ0v) is 11.6. The molecule has 0 saturated heterocycles. The molecular formula is C19H16N2. The highest BCUT2D eigenvalue weighted by molar-refractivity contribution is 6.02. The molecule has 0 atom stereocenters. The molecule has 0 amide bonds. The van der Waals surface area contributed by atoms with Gasteiger partial charge in [0, 0.05) is 23.8 Å². The lowest BCUT2D eigenvalue weighted by Crippen LogP contribution is -1.80. The molecule has 1 aliphatic rings. The summed E-state index contributed by atoms with van der Waals surface area (Å²) in [4.78, 5) is 6.51. The van der Waals surface area contributed by atoms with Gasteiger partial charge in [0.25, 0.3) is 0 Å². The number of hydrogen-bond acceptors (Lipinski definition) is 0. The average Bonchev–Trinajstić information content (AvgIpc) is 3.23. The van der Waals surface area contributed by atoms with Crippen molar-refractivity contribution in [1.82, 2.24) is 9.97 Å². The first-order valence-electron chi connectivity index (χ1n) is 7.18. The van der Waals surface area contributed by atoms with Crippen LogP contribution in [-0.2, 0) is 0 Å². The number of rotatable bonds is 2. The summed E-state index contributed by atoms with van der Waals surface area (Å²) in [5.74, 6) is 0. The van der Waals surface area contributed by atoms with Crippen molar-refractivity contribution in [3.05, 3.63) is 83.4 Å². The smallest absolute Gasteiger partial charge is 0.0383 e. The molecule has 0 unspecified atom stereocenters. The van der Waals surface area contributed by atoms with Gasteiger partial charge in [-0.3, -0.25) is 0 Å². The third-order valence-electron chi connectivity index (χ3n) is 3.90. The van der Waals surface area contributed by atoms with E-state index in [-0.39, 0.29) is 0 Å². The first-order valence-corrected chi connectivity index (χ1v) is 7.18. The SMILES string of the molecule is C(=C1\C/C(=C\c2ccc[nH]2)c2ccccc21)/c1ccc[nH]1. The van der Waals surface area contributed by atoms with Crippen LogP contribution in [0.2, 0.25) is 0 Å². The van der Waals surface area contributed by atoms with Gasteiger partial charge in [0.2, 0.25) is 0 Å². The zero-order valence-electron chi connectivity index (χ0n) is 11.6. The Kier molecular flexibility index (Phi) is 2.86. The second kappa shape index (κ2) is 4.98. The third-order valence-corrected chi connectivity index (χ3v) is 3.90. The number of aromatic nitrogens is 2. The van der Waals surface area contributed by atoms with Gasteiger partial charge in [-0.25, -0.2) is 0 Å². The van der Waals surface area contributed by atoms with Crippen molar-refractivity contribution in [2.75, 3.05) is 0 Å². The molecule has 2 aromatic heterocycles. The molecule has 0 bridgehead atoms.